The SMILES string of the molecule is CCN1CCC(CN2C[C@H](CO)OC2=O)C1. The minimum atomic E-state index is -0.323. The average Bonchev–Trinajstić information content (AvgIpc) is 2.87. The number of hydrogen-bond acceptors (Lipinski definition) is 4. The quantitative estimate of drug-likeness (QED) is 0.743. The van der Waals surface area contributed by atoms with E-state index in [0.29, 0.717) is 12.5 Å². The van der Waals surface area contributed by atoms with Crippen LogP contribution in [0.2, 0.25) is 0 Å². The molecule has 0 aromatic carbocycles. The van der Waals surface area contributed by atoms with Gasteiger partial charge < -0.3 is 19.6 Å². The van der Waals surface area contributed by atoms with Crippen LogP contribution in [-0.2, 0) is 4.74 Å². The average molecular weight is 228 g/mol. The minimum absolute atomic E-state index is 0.0754. The molecule has 1 N–H and O–H groups in total. The zero-order valence-electron chi connectivity index (χ0n) is 9.76. The first-order valence-corrected chi connectivity index (χ1v) is 6.01. The van der Waals surface area contributed by atoms with Gasteiger partial charge in [0.05, 0.1) is 13.2 Å². The maximum atomic E-state index is 11.5. The molecule has 5 heteroatoms. The summed E-state index contributed by atoms with van der Waals surface area (Å²) in [5.41, 5.74) is 0. The third kappa shape index (κ3) is 2.47. The van der Waals surface area contributed by atoms with Crippen molar-refractivity contribution in [3.05, 3.63) is 0 Å². The van der Waals surface area contributed by atoms with Crippen molar-refractivity contribution in [2.45, 2.75) is 19.4 Å². The Balaban J connectivity index is 1.80. The standard InChI is InChI=1S/C11H20N2O3/c1-2-12-4-3-9(5-12)6-13-7-10(8-14)16-11(13)15/h9-10,14H,2-8H2,1H3/t9?,10-/m1/s1. The third-order valence-corrected chi connectivity index (χ3v) is 3.45. The summed E-state index contributed by atoms with van der Waals surface area (Å²) in [6, 6.07) is 0. The van der Waals surface area contributed by atoms with Gasteiger partial charge >= 0.3 is 6.09 Å². The highest BCUT2D eigenvalue weighted by molar-refractivity contribution is 5.69. The molecule has 0 radical (unpaired) electrons. The van der Waals surface area contributed by atoms with Crippen molar-refractivity contribution >= 4 is 6.09 Å². The molecule has 0 aromatic heterocycles. The van der Waals surface area contributed by atoms with E-state index in [2.05, 4.69) is 11.8 Å². The van der Waals surface area contributed by atoms with Crippen molar-refractivity contribution in [2.24, 2.45) is 5.92 Å². The monoisotopic (exact) mass is 228 g/mol. The summed E-state index contributed by atoms with van der Waals surface area (Å²) in [6.07, 6.45) is 0.562. The number of rotatable bonds is 4. The number of carbonyl (C=O) groups is 1. The Kier molecular flexibility index (Phi) is 3.66. The molecule has 16 heavy (non-hydrogen) atoms. The maximum absolute atomic E-state index is 11.5. The molecule has 0 spiro atoms. The van der Waals surface area contributed by atoms with E-state index < -0.39 is 0 Å². The molecule has 2 heterocycles. The van der Waals surface area contributed by atoms with E-state index in [1.807, 2.05) is 0 Å². The van der Waals surface area contributed by atoms with Crippen molar-refractivity contribution < 1.29 is 14.6 Å². The van der Waals surface area contributed by atoms with Crippen LogP contribution < -0.4 is 0 Å². The van der Waals surface area contributed by atoms with Gasteiger partial charge in [-0.1, -0.05) is 6.92 Å². The molecule has 0 aromatic rings. The first kappa shape index (κ1) is 11.7. The number of ether oxygens (including phenoxy) is 1. The number of aliphatic hydroxyl groups excluding tert-OH is 1. The normalized spacial score (nSPS) is 31.1. The first-order chi connectivity index (χ1) is 7.72. The van der Waals surface area contributed by atoms with Gasteiger partial charge in [0.2, 0.25) is 0 Å². The second-order valence-electron chi connectivity index (χ2n) is 4.64. The summed E-state index contributed by atoms with van der Waals surface area (Å²) in [4.78, 5) is 15.6. The predicted molar refractivity (Wildman–Crippen MR) is 59.1 cm³/mol. The van der Waals surface area contributed by atoms with Crippen molar-refractivity contribution in [1.29, 1.82) is 0 Å². The Morgan fingerprint density at radius 3 is 2.88 bits per heavy atom. The summed E-state index contributed by atoms with van der Waals surface area (Å²) < 4.78 is 5.01. The van der Waals surface area contributed by atoms with E-state index >= 15 is 0 Å². The molecule has 0 aliphatic carbocycles. The summed E-state index contributed by atoms with van der Waals surface area (Å²) in [6.45, 7) is 6.68. The van der Waals surface area contributed by atoms with Gasteiger partial charge in [-0.2, -0.15) is 0 Å². The van der Waals surface area contributed by atoms with Crippen LogP contribution in [0.25, 0.3) is 0 Å². The summed E-state index contributed by atoms with van der Waals surface area (Å²) in [7, 11) is 0. The van der Waals surface area contributed by atoms with E-state index in [-0.39, 0.29) is 18.8 Å². The van der Waals surface area contributed by atoms with Gasteiger partial charge in [0.1, 0.15) is 6.10 Å². The van der Waals surface area contributed by atoms with Crippen LogP contribution in [0.5, 0.6) is 0 Å². The highest BCUT2D eigenvalue weighted by atomic mass is 16.6. The minimum Gasteiger partial charge on any atom is -0.442 e. The van der Waals surface area contributed by atoms with Gasteiger partial charge in [0.15, 0.2) is 0 Å². The number of aliphatic hydroxyl groups is 1. The number of cyclic esters (lactones) is 1. The molecule has 1 unspecified atom stereocenters. The van der Waals surface area contributed by atoms with E-state index in [1.54, 1.807) is 4.90 Å². The molecular formula is C11H20N2O3. The number of nitrogens with zero attached hydrogens (tertiary/aromatic N) is 2. The second kappa shape index (κ2) is 5.01. The number of likely N-dealkylation sites (tertiary alicyclic amines) is 1. The van der Waals surface area contributed by atoms with Crippen LogP contribution in [0, 0.1) is 5.92 Å². The lowest BCUT2D eigenvalue weighted by Gasteiger charge is -2.18. The van der Waals surface area contributed by atoms with Gasteiger partial charge in [-0.05, 0) is 25.4 Å². The van der Waals surface area contributed by atoms with Gasteiger partial charge in [-0.25, -0.2) is 4.79 Å². The molecule has 2 atom stereocenters. The summed E-state index contributed by atoms with van der Waals surface area (Å²) in [5.74, 6) is 0.560. The molecule has 2 rings (SSSR count). The van der Waals surface area contributed by atoms with E-state index in [1.165, 1.54) is 0 Å². The van der Waals surface area contributed by atoms with Crippen molar-refractivity contribution in [3.8, 4) is 0 Å². The lowest BCUT2D eigenvalue weighted by Crippen LogP contribution is -2.32. The Bertz CT molecular complexity index is 260. The molecule has 1 amide bonds. The fourth-order valence-corrected chi connectivity index (χ4v) is 2.48. The molecule has 2 fully saturated rings. The van der Waals surface area contributed by atoms with Gasteiger partial charge in [0.25, 0.3) is 0 Å². The van der Waals surface area contributed by atoms with Crippen molar-refractivity contribution in [3.63, 3.8) is 0 Å². The zero-order chi connectivity index (χ0) is 11.5. The maximum Gasteiger partial charge on any atom is 0.410 e. The Morgan fingerprint density at radius 2 is 2.31 bits per heavy atom. The zero-order valence-corrected chi connectivity index (χ0v) is 9.76. The van der Waals surface area contributed by atoms with Crippen molar-refractivity contribution in [1.82, 2.24) is 9.80 Å². The topological polar surface area (TPSA) is 53.0 Å². The molecule has 0 bridgehead atoms. The summed E-state index contributed by atoms with van der Waals surface area (Å²) >= 11 is 0. The van der Waals surface area contributed by atoms with E-state index in [9.17, 15) is 4.79 Å². The third-order valence-electron chi connectivity index (χ3n) is 3.45. The summed E-state index contributed by atoms with van der Waals surface area (Å²) in [5, 5.41) is 8.93. The predicted octanol–water partition coefficient (Wildman–Crippen LogP) is 0.141. The fraction of sp³-hybridized carbons (Fsp3) is 0.909. The largest absolute Gasteiger partial charge is 0.442 e. The van der Waals surface area contributed by atoms with E-state index in [0.717, 1.165) is 32.6 Å². The lowest BCUT2D eigenvalue weighted by molar-refractivity contribution is 0.0945. The van der Waals surface area contributed by atoms with Crippen LogP contribution in [0.1, 0.15) is 13.3 Å². The van der Waals surface area contributed by atoms with E-state index in [4.69, 9.17) is 9.84 Å². The smallest absolute Gasteiger partial charge is 0.410 e. The fourth-order valence-electron chi connectivity index (χ4n) is 2.48. The molecule has 2 aliphatic heterocycles. The number of carbonyl (C=O) groups excluding carboxylic acids is 1. The molecular weight excluding hydrogens is 208 g/mol. The van der Waals surface area contributed by atoms with Crippen molar-refractivity contribution in [2.75, 3.05) is 39.3 Å². The molecule has 2 saturated heterocycles. The number of hydrogen-bond donors (Lipinski definition) is 1. The molecule has 0 saturated carbocycles. The lowest BCUT2D eigenvalue weighted by atomic mass is 10.1. The van der Waals surface area contributed by atoms with Crippen LogP contribution >= 0.6 is 0 Å². The highest BCUT2D eigenvalue weighted by Crippen LogP contribution is 2.20. The first-order valence-electron chi connectivity index (χ1n) is 6.01. The Hall–Kier alpha value is -0.810. The van der Waals surface area contributed by atoms with Gasteiger partial charge in [-0.3, -0.25) is 0 Å². The van der Waals surface area contributed by atoms with Gasteiger partial charge in [0, 0.05) is 13.1 Å². The van der Waals surface area contributed by atoms with Crippen LogP contribution in [0.3, 0.4) is 0 Å². The highest BCUT2D eigenvalue weighted by Gasteiger charge is 2.33. The molecule has 2 aliphatic rings. The van der Waals surface area contributed by atoms with Crippen LogP contribution in [0.15, 0.2) is 0 Å². The number of amides is 1. The molecule has 5 nitrogen and oxygen atoms in total. The van der Waals surface area contributed by atoms with Crippen LogP contribution in [-0.4, -0.2) is 66.4 Å². The molecule has 92 valence electrons. The Labute approximate surface area is 96.0 Å². The van der Waals surface area contributed by atoms with Crippen LogP contribution in [0.4, 0.5) is 4.79 Å². The second-order valence-corrected chi connectivity index (χ2v) is 4.64. The van der Waals surface area contributed by atoms with Gasteiger partial charge in [-0.15, -0.1) is 0 Å². The Morgan fingerprint density at radius 1 is 1.50 bits per heavy atom.